The van der Waals surface area contributed by atoms with Gasteiger partial charge in [-0.05, 0) is 36.6 Å². The lowest BCUT2D eigenvalue weighted by atomic mass is 9.79. The van der Waals surface area contributed by atoms with Crippen molar-refractivity contribution in [3.05, 3.63) is 53.6 Å². The Hall–Kier alpha value is -1.06. The maximum atomic E-state index is 13.1. The van der Waals surface area contributed by atoms with Gasteiger partial charge in [0.05, 0.1) is 0 Å². The van der Waals surface area contributed by atoms with E-state index in [0.717, 1.165) is 24.1 Å². The molecule has 1 aromatic heterocycles. The fourth-order valence-electron chi connectivity index (χ4n) is 2.29. The Morgan fingerprint density at radius 1 is 1.15 bits per heavy atom. The fourth-order valence-corrected chi connectivity index (χ4v) is 3.15. The van der Waals surface area contributed by atoms with E-state index in [4.69, 9.17) is 23.2 Å². The van der Waals surface area contributed by atoms with Gasteiger partial charge in [0.1, 0.15) is 5.82 Å². The SMILES string of the molecule is Cn1nccc1CCC(CCl)(CCl)c1ccc(F)cc1. The van der Waals surface area contributed by atoms with Gasteiger partial charge in [-0.3, -0.25) is 4.68 Å². The molecule has 0 fully saturated rings. The summed E-state index contributed by atoms with van der Waals surface area (Å²) in [6.45, 7) is 0. The number of aryl methyl sites for hydroxylation is 2. The molecular formula is C15H17Cl2FN2. The van der Waals surface area contributed by atoms with Gasteiger partial charge in [0, 0.05) is 36.1 Å². The number of aromatic nitrogens is 2. The highest BCUT2D eigenvalue weighted by atomic mass is 35.5. The zero-order valence-corrected chi connectivity index (χ0v) is 12.8. The first-order chi connectivity index (χ1) is 9.61. The van der Waals surface area contributed by atoms with Crippen molar-refractivity contribution in [2.45, 2.75) is 18.3 Å². The van der Waals surface area contributed by atoms with Gasteiger partial charge in [0.15, 0.2) is 0 Å². The van der Waals surface area contributed by atoms with E-state index in [9.17, 15) is 4.39 Å². The van der Waals surface area contributed by atoms with Gasteiger partial charge in [0.25, 0.3) is 0 Å². The highest BCUT2D eigenvalue weighted by molar-refractivity contribution is 6.22. The van der Waals surface area contributed by atoms with Gasteiger partial charge in [-0.1, -0.05) is 12.1 Å². The van der Waals surface area contributed by atoms with Gasteiger partial charge in [-0.2, -0.15) is 5.10 Å². The molecule has 0 aliphatic rings. The molecule has 0 aliphatic carbocycles. The van der Waals surface area contributed by atoms with E-state index in [1.807, 2.05) is 17.8 Å². The molecule has 0 N–H and O–H groups in total. The number of benzene rings is 1. The van der Waals surface area contributed by atoms with E-state index in [0.29, 0.717) is 11.8 Å². The van der Waals surface area contributed by atoms with E-state index >= 15 is 0 Å². The Bertz CT molecular complexity index is 547. The van der Waals surface area contributed by atoms with Crippen LogP contribution < -0.4 is 0 Å². The summed E-state index contributed by atoms with van der Waals surface area (Å²) in [5, 5.41) is 4.15. The summed E-state index contributed by atoms with van der Waals surface area (Å²) in [7, 11) is 1.91. The molecule has 0 saturated heterocycles. The van der Waals surface area contributed by atoms with Crippen molar-refractivity contribution in [2.75, 3.05) is 11.8 Å². The molecule has 2 rings (SSSR count). The Morgan fingerprint density at radius 3 is 2.30 bits per heavy atom. The zero-order valence-electron chi connectivity index (χ0n) is 11.3. The smallest absolute Gasteiger partial charge is 0.123 e. The second kappa shape index (κ2) is 6.59. The third-order valence-corrected chi connectivity index (χ3v) is 4.77. The summed E-state index contributed by atoms with van der Waals surface area (Å²) in [6, 6.07) is 8.42. The van der Waals surface area contributed by atoms with Crippen molar-refractivity contribution in [3.63, 3.8) is 0 Å². The number of rotatable bonds is 6. The average molecular weight is 315 g/mol. The van der Waals surface area contributed by atoms with Crippen molar-refractivity contribution in [1.29, 1.82) is 0 Å². The lowest BCUT2D eigenvalue weighted by Crippen LogP contribution is -2.31. The molecule has 0 saturated carbocycles. The molecule has 0 bridgehead atoms. The molecule has 0 atom stereocenters. The van der Waals surface area contributed by atoms with Crippen LogP contribution in [0.25, 0.3) is 0 Å². The van der Waals surface area contributed by atoms with Crippen LogP contribution in [0, 0.1) is 5.82 Å². The number of hydrogen-bond acceptors (Lipinski definition) is 1. The highest BCUT2D eigenvalue weighted by Gasteiger charge is 2.30. The molecule has 1 heterocycles. The molecule has 108 valence electrons. The van der Waals surface area contributed by atoms with Gasteiger partial charge >= 0.3 is 0 Å². The predicted molar refractivity (Wildman–Crippen MR) is 81.0 cm³/mol. The normalized spacial score (nSPS) is 11.8. The highest BCUT2D eigenvalue weighted by Crippen LogP contribution is 2.32. The van der Waals surface area contributed by atoms with Crippen LogP contribution >= 0.6 is 23.2 Å². The van der Waals surface area contributed by atoms with Crippen LogP contribution in [0.2, 0.25) is 0 Å². The van der Waals surface area contributed by atoms with Crippen molar-refractivity contribution >= 4 is 23.2 Å². The molecule has 0 unspecified atom stereocenters. The number of nitrogens with zero attached hydrogens (tertiary/aromatic N) is 2. The van der Waals surface area contributed by atoms with Crippen LogP contribution in [0.5, 0.6) is 0 Å². The molecule has 2 aromatic rings. The quantitative estimate of drug-likeness (QED) is 0.739. The average Bonchev–Trinajstić information content (AvgIpc) is 2.88. The lowest BCUT2D eigenvalue weighted by Gasteiger charge is -2.30. The van der Waals surface area contributed by atoms with Crippen molar-refractivity contribution < 1.29 is 4.39 Å². The minimum Gasteiger partial charge on any atom is -0.273 e. The van der Waals surface area contributed by atoms with Gasteiger partial charge in [-0.25, -0.2) is 4.39 Å². The molecule has 5 heteroatoms. The molecule has 0 amide bonds. The predicted octanol–water partition coefficient (Wildman–Crippen LogP) is 3.91. The summed E-state index contributed by atoms with van der Waals surface area (Å²) in [5.41, 5.74) is 1.76. The minimum atomic E-state index is -0.346. The molecule has 1 aromatic carbocycles. The molecule has 0 radical (unpaired) electrons. The Morgan fingerprint density at radius 2 is 1.80 bits per heavy atom. The molecule has 0 spiro atoms. The molecule has 2 nitrogen and oxygen atoms in total. The van der Waals surface area contributed by atoms with E-state index in [1.165, 1.54) is 12.1 Å². The first-order valence-corrected chi connectivity index (χ1v) is 7.53. The Labute approximate surface area is 128 Å². The van der Waals surface area contributed by atoms with Gasteiger partial charge in [-0.15, -0.1) is 23.2 Å². The van der Waals surface area contributed by atoms with Crippen LogP contribution in [0.4, 0.5) is 4.39 Å². The summed E-state index contributed by atoms with van der Waals surface area (Å²) in [4.78, 5) is 0. The maximum Gasteiger partial charge on any atom is 0.123 e. The topological polar surface area (TPSA) is 17.8 Å². The van der Waals surface area contributed by atoms with Crippen molar-refractivity contribution in [1.82, 2.24) is 9.78 Å². The maximum absolute atomic E-state index is 13.1. The van der Waals surface area contributed by atoms with Crippen LogP contribution in [-0.4, -0.2) is 21.5 Å². The molecule has 0 aliphatic heterocycles. The molecular weight excluding hydrogens is 298 g/mol. The van der Waals surface area contributed by atoms with Crippen LogP contribution in [0.1, 0.15) is 17.7 Å². The van der Waals surface area contributed by atoms with Crippen LogP contribution in [0.15, 0.2) is 36.5 Å². The lowest BCUT2D eigenvalue weighted by molar-refractivity contribution is 0.481. The third-order valence-electron chi connectivity index (χ3n) is 3.75. The monoisotopic (exact) mass is 314 g/mol. The van der Waals surface area contributed by atoms with Gasteiger partial charge in [0.2, 0.25) is 0 Å². The molecule has 20 heavy (non-hydrogen) atoms. The van der Waals surface area contributed by atoms with E-state index < -0.39 is 0 Å². The minimum absolute atomic E-state index is 0.251. The summed E-state index contributed by atoms with van der Waals surface area (Å²) in [6.07, 6.45) is 3.40. The Kier molecular flexibility index (Phi) is 5.06. The summed E-state index contributed by atoms with van der Waals surface area (Å²) in [5.74, 6) is 0.554. The Balaban J connectivity index is 2.21. The fraction of sp³-hybridized carbons (Fsp3) is 0.400. The first-order valence-electron chi connectivity index (χ1n) is 6.46. The third kappa shape index (κ3) is 3.15. The zero-order chi connectivity index (χ0) is 14.6. The van der Waals surface area contributed by atoms with E-state index in [2.05, 4.69) is 5.10 Å². The second-order valence-corrected chi connectivity index (χ2v) is 5.54. The summed E-state index contributed by atoms with van der Waals surface area (Å²) < 4.78 is 14.9. The van der Waals surface area contributed by atoms with E-state index in [-0.39, 0.29) is 11.2 Å². The largest absolute Gasteiger partial charge is 0.273 e. The second-order valence-electron chi connectivity index (χ2n) is 5.00. The van der Waals surface area contributed by atoms with Crippen LogP contribution in [-0.2, 0) is 18.9 Å². The van der Waals surface area contributed by atoms with Gasteiger partial charge < -0.3 is 0 Å². The number of hydrogen-bond donors (Lipinski definition) is 0. The van der Waals surface area contributed by atoms with Crippen molar-refractivity contribution in [3.8, 4) is 0 Å². The van der Waals surface area contributed by atoms with E-state index in [1.54, 1.807) is 18.3 Å². The first kappa shape index (κ1) is 15.3. The van der Waals surface area contributed by atoms with Crippen LogP contribution in [0.3, 0.4) is 0 Å². The standard InChI is InChI=1S/C15H17Cl2FN2/c1-20-14(7-9-19-20)6-8-15(10-16,11-17)12-2-4-13(18)5-3-12/h2-5,7,9H,6,8,10-11H2,1H3. The number of halogens is 3. The summed E-state index contributed by atoms with van der Waals surface area (Å²) >= 11 is 12.4. The van der Waals surface area contributed by atoms with Crippen molar-refractivity contribution in [2.24, 2.45) is 7.05 Å². The number of alkyl halides is 2.